The molecule has 80 valence electrons. The molecule has 0 aromatic carbocycles. The summed E-state index contributed by atoms with van der Waals surface area (Å²) < 4.78 is 0. The van der Waals surface area contributed by atoms with Crippen LogP contribution in [0.15, 0.2) is 11.6 Å². The topological polar surface area (TPSA) is 66.6 Å². The smallest absolute Gasteiger partial charge is 0.330 e. The van der Waals surface area contributed by atoms with E-state index in [1.807, 2.05) is 0 Å². The predicted molar refractivity (Wildman–Crippen MR) is 55.0 cm³/mol. The lowest BCUT2D eigenvalue weighted by Gasteiger charge is -2.12. The molecule has 0 saturated carbocycles. The van der Waals surface area contributed by atoms with Crippen molar-refractivity contribution in [1.82, 2.24) is 4.90 Å². The van der Waals surface area contributed by atoms with E-state index in [-0.39, 0.29) is 0 Å². The molecule has 0 aliphatic carbocycles. The van der Waals surface area contributed by atoms with E-state index < -0.39 is 5.97 Å². The highest BCUT2D eigenvalue weighted by Gasteiger charge is 2.19. The Balaban J connectivity index is 2.33. The third-order valence-corrected chi connectivity index (χ3v) is 2.70. The zero-order valence-electron chi connectivity index (χ0n) is 8.57. The van der Waals surface area contributed by atoms with Gasteiger partial charge >= 0.3 is 5.97 Å². The van der Waals surface area contributed by atoms with Crippen LogP contribution in [0.3, 0.4) is 0 Å². The second-order valence-corrected chi connectivity index (χ2v) is 3.84. The number of aliphatic carboxylic acids is 1. The molecule has 3 N–H and O–H groups in total. The highest BCUT2D eigenvalue weighted by Crippen LogP contribution is 2.14. The number of hydrogen-bond acceptors (Lipinski definition) is 3. The molecule has 0 aromatic heterocycles. The molecule has 1 fully saturated rings. The molecule has 14 heavy (non-hydrogen) atoms. The Labute approximate surface area is 84.4 Å². The molecule has 1 aliphatic rings. The van der Waals surface area contributed by atoms with Crippen LogP contribution in [0.25, 0.3) is 0 Å². The van der Waals surface area contributed by atoms with E-state index >= 15 is 0 Å². The lowest BCUT2D eigenvalue weighted by molar-refractivity contribution is -0.132. The van der Waals surface area contributed by atoms with E-state index in [1.54, 1.807) is 13.0 Å². The van der Waals surface area contributed by atoms with Gasteiger partial charge < -0.3 is 10.8 Å². The Morgan fingerprint density at radius 2 is 2.43 bits per heavy atom. The van der Waals surface area contributed by atoms with E-state index in [4.69, 9.17) is 10.8 Å². The van der Waals surface area contributed by atoms with Gasteiger partial charge in [-0.15, -0.1) is 0 Å². The van der Waals surface area contributed by atoms with Crippen LogP contribution in [0.1, 0.15) is 13.3 Å². The van der Waals surface area contributed by atoms with Gasteiger partial charge in [0.25, 0.3) is 0 Å². The molecule has 1 saturated heterocycles. The normalized spacial score (nSPS) is 24.1. The van der Waals surface area contributed by atoms with Crippen molar-refractivity contribution < 1.29 is 9.90 Å². The largest absolute Gasteiger partial charge is 0.478 e. The van der Waals surface area contributed by atoms with Crippen LogP contribution < -0.4 is 5.73 Å². The first-order valence-corrected chi connectivity index (χ1v) is 4.96. The number of carboxylic acids is 1. The average molecular weight is 198 g/mol. The van der Waals surface area contributed by atoms with E-state index in [2.05, 4.69) is 4.90 Å². The zero-order chi connectivity index (χ0) is 10.6. The van der Waals surface area contributed by atoms with Gasteiger partial charge in [0, 0.05) is 18.7 Å². The summed E-state index contributed by atoms with van der Waals surface area (Å²) in [6.45, 7) is 5.12. The first-order valence-electron chi connectivity index (χ1n) is 4.96. The van der Waals surface area contributed by atoms with Gasteiger partial charge in [0.1, 0.15) is 0 Å². The van der Waals surface area contributed by atoms with E-state index in [1.165, 1.54) is 0 Å². The highest BCUT2D eigenvalue weighted by atomic mass is 16.4. The SMILES string of the molecule is CC(=CCN1CCC(CN)C1)C(=O)O. The van der Waals surface area contributed by atoms with E-state index in [0.717, 1.165) is 32.6 Å². The van der Waals surface area contributed by atoms with Gasteiger partial charge in [0.2, 0.25) is 0 Å². The minimum atomic E-state index is -0.834. The number of hydrogen-bond donors (Lipinski definition) is 2. The summed E-state index contributed by atoms with van der Waals surface area (Å²) >= 11 is 0. The van der Waals surface area contributed by atoms with Crippen LogP contribution >= 0.6 is 0 Å². The fraction of sp³-hybridized carbons (Fsp3) is 0.700. The zero-order valence-corrected chi connectivity index (χ0v) is 8.57. The summed E-state index contributed by atoms with van der Waals surface area (Å²) in [5, 5.41) is 8.65. The van der Waals surface area contributed by atoms with Crippen LogP contribution in [-0.2, 0) is 4.79 Å². The fourth-order valence-electron chi connectivity index (χ4n) is 1.62. The summed E-state index contributed by atoms with van der Waals surface area (Å²) in [4.78, 5) is 12.8. The molecule has 0 bridgehead atoms. The Morgan fingerprint density at radius 3 is 2.93 bits per heavy atom. The van der Waals surface area contributed by atoms with Crippen LogP contribution in [0.4, 0.5) is 0 Å². The Morgan fingerprint density at radius 1 is 1.71 bits per heavy atom. The van der Waals surface area contributed by atoms with Crippen molar-refractivity contribution in [3.8, 4) is 0 Å². The molecule has 0 aromatic rings. The summed E-state index contributed by atoms with van der Waals surface area (Å²) in [5.74, 6) is -0.242. The van der Waals surface area contributed by atoms with Crippen LogP contribution in [0, 0.1) is 5.92 Å². The first kappa shape index (κ1) is 11.2. The molecule has 0 amide bonds. The minimum absolute atomic E-state index is 0.418. The molecule has 1 heterocycles. The maximum absolute atomic E-state index is 10.5. The quantitative estimate of drug-likeness (QED) is 0.637. The summed E-state index contributed by atoms with van der Waals surface area (Å²) in [7, 11) is 0. The van der Waals surface area contributed by atoms with E-state index in [0.29, 0.717) is 11.5 Å². The summed E-state index contributed by atoms with van der Waals surface area (Å²) in [5.41, 5.74) is 5.98. The van der Waals surface area contributed by atoms with Crippen LogP contribution in [0.5, 0.6) is 0 Å². The molecule has 4 heteroatoms. The number of carbonyl (C=O) groups is 1. The van der Waals surface area contributed by atoms with Gasteiger partial charge in [-0.05, 0) is 32.4 Å². The van der Waals surface area contributed by atoms with Gasteiger partial charge in [-0.3, -0.25) is 4.90 Å². The van der Waals surface area contributed by atoms with Crippen LogP contribution in [-0.4, -0.2) is 42.2 Å². The maximum Gasteiger partial charge on any atom is 0.330 e. The summed E-state index contributed by atoms with van der Waals surface area (Å²) in [6, 6.07) is 0. The first-order chi connectivity index (χ1) is 6.63. The van der Waals surface area contributed by atoms with Crippen molar-refractivity contribution in [3.05, 3.63) is 11.6 Å². The molecular formula is C10H18N2O2. The number of nitrogens with zero attached hydrogens (tertiary/aromatic N) is 1. The molecule has 0 radical (unpaired) electrons. The third kappa shape index (κ3) is 3.12. The molecule has 1 rings (SSSR count). The maximum atomic E-state index is 10.5. The average Bonchev–Trinajstić information content (AvgIpc) is 2.61. The minimum Gasteiger partial charge on any atom is -0.478 e. The van der Waals surface area contributed by atoms with Gasteiger partial charge in [-0.25, -0.2) is 4.79 Å². The van der Waals surface area contributed by atoms with Crippen molar-refractivity contribution in [3.63, 3.8) is 0 Å². The molecular weight excluding hydrogens is 180 g/mol. The van der Waals surface area contributed by atoms with Gasteiger partial charge in [0.05, 0.1) is 0 Å². The molecule has 4 nitrogen and oxygen atoms in total. The van der Waals surface area contributed by atoms with Crippen molar-refractivity contribution in [2.45, 2.75) is 13.3 Å². The third-order valence-electron chi connectivity index (χ3n) is 2.70. The second-order valence-electron chi connectivity index (χ2n) is 3.84. The van der Waals surface area contributed by atoms with E-state index in [9.17, 15) is 4.79 Å². The van der Waals surface area contributed by atoms with Crippen molar-refractivity contribution >= 4 is 5.97 Å². The molecule has 1 atom stereocenters. The van der Waals surface area contributed by atoms with Gasteiger partial charge in [0.15, 0.2) is 0 Å². The molecule has 1 unspecified atom stereocenters. The second kappa shape index (κ2) is 5.12. The summed E-state index contributed by atoms with van der Waals surface area (Å²) in [6.07, 6.45) is 2.90. The van der Waals surface area contributed by atoms with Crippen LogP contribution in [0.2, 0.25) is 0 Å². The Hall–Kier alpha value is -0.870. The fourth-order valence-corrected chi connectivity index (χ4v) is 1.62. The number of likely N-dealkylation sites (tertiary alicyclic amines) is 1. The van der Waals surface area contributed by atoms with Crippen molar-refractivity contribution in [2.75, 3.05) is 26.2 Å². The Bertz CT molecular complexity index is 238. The Kier molecular flexibility index (Phi) is 4.10. The van der Waals surface area contributed by atoms with Crippen molar-refractivity contribution in [2.24, 2.45) is 11.7 Å². The lowest BCUT2D eigenvalue weighted by atomic mass is 10.1. The lowest BCUT2D eigenvalue weighted by Crippen LogP contribution is -2.23. The number of rotatable bonds is 4. The van der Waals surface area contributed by atoms with Crippen molar-refractivity contribution in [1.29, 1.82) is 0 Å². The number of carboxylic acid groups (broad SMARTS) is 1. The molecule has 1 aliphatic heterocycles. The van der Waals surface area contributed by atoms with Gasteiger partial charge in [-0.2, -0.15) is 0 Å². The highest BCUT2D eigenvalue weighted by molar-refractivity contribution is 5.85. The molecule has 0 spiro atoms. The monoisotopic (exact) mass is 198 g/mol. The number of nitrogens with two attached hydrogens (primary N) is 1. The predicted octanol–water partition coefficient (Wildman–Crippen LogP) is 0.298. The standard InChI is InChI=1S/C10H18N2O2/c1-8(10(13)14)2-4-12-5-3-9(6-11)7-12/h2,9H,3-7,11H2,1H3,(H,13,14). The van der Waals surface area contributed by atoms with Gasteiger partial charge in [-0.1, -0.05) is 6.08 Å².